The molecule has 6 heteroatoms. The van der Waals surface area contributed by atoms with E-state index in [1.165, 1.54) is 22.3 Å². The standard InChI is InChI=1S/C14H18.2C5H5.2CH3.4ClH.2Zr/c1-9-5-7-13(11(9)3)14-8-6-10(2)12(14)4;2*1-2-4-5-3-1;;;;;;;;/h5-6H,7-8H2,1-4H3;2*1-3H,4H2;2*1H3;4*1H;;/q;4*-1;;;;;2*+2/p-4. The summed E-state index contributed by atoms with van der Waals surface area (Å²) in [7, 11) is 9.87. The van der Waals surface area contributed by atoms with Crippen molar-refractivity contribution in [3.63, 3.8) is 0 Å². The summed E-state index contributed by atoms with van der Waals surface area (Å²) in [5, 5.41) is 0. The molecule has 0 aromatic heterocycles. The Morgan fingerprint density at radius 2 is 1.03 bits per heavy atom. The van der Waals surface area contributed by atoms with Crippen molar-refractivity contribution in [2.24, 2.45) is 0 Å². The van der Waals surface area contributed by atoms with Crippen LogP contribution in [0.1, 0.15) is 53.4 Å². The Bertz CT molecular complexity index is 655. The molecule has 0 aliphatic heterocycles. The minimum Gasteiger partial charge on any atom is 2.00 e. The molecule has 4 aliphatic rings. The zero-order chi connectivity index (χ0) is 20.1. The van der Waals surface area contributed by atoms with Crippen LogP contribution in [0.25, 0.3) is 0 Å². The van der Waals surface area contributed by atoms with Crippen molar-refractivity contribution in [2.75, 3.05) is 0 Å². The summed E-state index contributed by atoms with van der Waals surface area (Å²) in [6, 6.07) is 0. The molecule has 0 nitrogen and oxygen atoms in total. The first-order valence-electron chi connectivity index (χ1n) is 9.16. The molecule has 0 radical (unpaired) electrons. The number of rotatable bonds is 1. The van der Waals surface area contributed by atoms with Gasteiger partial charge < -0.3 is 39.7 Å². The molecule has 178 valence electrons. The molecular weight excluding hydrogens is 637 g/mol. The maximum atomic E-state index is 4.93. The van der Waals surface area contributed by atoms with Crippen LogP contribution in [-0.2, 0) is 47.1 Å². The van der Waals surface area contributed by atoms with Crippen LogP contribution in [0, 0.1) is 27.0 Å². The van der Waals surface area contributed by atoms with Crippen molar-refractivity contribution in [1.29, 1.82) is 0 Å². The first-order valence-corrected chi connectivity index (χ1v) is 15.5. The predicted molar refractivity (Wildman–Crippen MR) is 130 cm³/mol. The van der Waals surface area contributed by atoms with Crippen molar-refractivity contribution in [3.05, 3.63) is 109 Å². The molecule has 0 unspecified atom stereocenters. The summed E-state index contributed by atoms with van der Waals surface area (Å²) in [6.07, 6.45) is 27.0. The summed E-state index contributed by atoms with van der Waals surface area (Å²) in [5.74, 6) is 0. The summed E-state index contributed by atoms with van der Waals surface area (Å²) >= 11 is -0.826. The largest absolute Gasteiger partial charge is 2.00 e. The molecule has 0 amide bonds. The van der Waals surface area contributed by atoms with Gasteiger partial charge in [-0.25, -0.2) is 24.3 Å². The molecule has 0 fully saturated rings. The van der Waals surface area contributed by atoms with E-state index in [0.717, 1.165) is 25.7 Å². The van der Waals surface area contributed by atoms with Gasteiger partial charge in [-0.15, -0.1) is 12.8 Å². The van der Waals surface area contributed by atoms with Gasteiger partial charge in [0.15, 0.2) is 0 Å². The summed E-state index contributed by atoms with van der Waals surface area (Å²) in [5.41, 5.74) is 9.08. The average molecular weight is 671 g/mol. The van der Waals surface area contributed by atoms with E-state index in [-0.39, 0.29) is 65.9 Å². The fourth-order valence-electron chi connectivity index (χ4n) is 2.98. The second-order valence-corrected chi connectivity index (χ2v) is 10.2. The van der Waals surface area contributed by atoms with Crippen LogP contribution in [0.4, 0.5) is 0 Å². The van der Waals surface area contributed by atoms with E-state index in [0.29, 0.717) is 0 Å². The van der Waals surface area contributed by atoms with Crippen molar-refractivity contribution in [3.8, 4) is 0 Å². The van der Waals surface area contributed by atoms with Crippen LogP contribution in [0.15, 0.2) is 82.0 Å². The quantitative estimate of drug-likeness (QED) is 0.377. The van der Waals surface area contributed by atoms with Gasteiger partial charge in [-0.05, 0) is 62.8 Å². The Hall–Kier alpha value is 0.846. The maximum absolute atomic E-state index is 4.93. The van der Waals surface area contributed by atoms with E-state index in [2.05, 4.69) is 64.2 Å². The molecule has 0 heterocycles. The fourth-order valence-corrected chi connectivity index (χ4v) is 2.98. The van der Waals surface area contributed by atoms with Crippen LogP contribution in [0.2, 0.25) is 0 Å². The zero-order valence-corrected chi connectivity index (χ0v) is 27.9. The van der Waals surface area contributed by atoms with E-state index >= 15 is 0 Å². The SMILES string of the molecule is CC1=CCC(C2=C(C)C(C)=CC2)=C1C.[C-]1=CC=CC1.[C-]1=CC=CC1.[CH3-].[CH3-].[Cl-].[Cl-].[Cl][Zr][Cl].[Zr+2]. The summed E-state index contributed by atoms with van der Waals surface area (Å²) in [6.45, 7) is 8.94. The Kier molecular flexibility index (Phi) is 35.5. The van der Waals surface area contributed by atoms with E-state index in [9.17, 15) is 0 Å². The molecule has 0 atom stereocenters. The second kappa shape index (κ2) is 26.5. The van der Waals surface area contributed by atoms with Gasteiger partial charge in [0.25, 0.3) is 0 Å². The Morgan fingerprint density at radius 3 is 1.16 bits per heavy atom. The molecule has 0 saturated heterocycles. The first-order chi connectivity index (χ1) is 13.0. The topological polar surface area (TPSA) is 0 Å². The van der Waals surface area contributed by atoms with Gasteiger partial charge in [0, 0.05) is 0 Å². The molecule has 0 aromatic rings. The Labute approximate surface area is 248 Å². The molecule has 0 spiro atoms. The average Bonchev–Trinajstić information content (AvgIpc) is 3.45. The summed E-state index contributed by atoms with van der Waals surface area (Å²) in [4.78, 5) is 0. The third-order valence-corrected chi connectivity index (χ3v) is 4.85. The van der Waals surface area contributed by atoms with Gasteiger partial charge in [0.2, 0.25) is 0 Å². The van der Waals surface area contributed by atoms with Gasteiger partial charge in [-0.3, -0.25) is 12.2 Å². The van der Waals surface area contributed by atoms with Crippen molar-refractivity contribution in [1.82, 2.24) is 0 Å². The first kappa shape index (κ1) is 43.0. The minimum absolute atomic E-state index is 0. The molecule has 4 aliphatic carbocycles. The zero-order valence-electron chi connectivity index (χ0n) is 20.0. The van der Waals surface area contributed by atoms with Crippen LogP contribution in [0.3, 0.4) is 0 Å². The Morgan fingerprint density at radius 1 is 0.719 bits per heavy atom. The molecule has 0 bridgehead atoms. The minimum atomic E-state index is -0.826. The Balaban J connectivity index is -0.000000115. The van der Waals surface area contributed by atoms with E-state index in [1.807, 2.05) is 24.3 Å². The predicted octanol–water partition coefficient (Wildman–Crippen LogP) is 3.21. The molecule has 0 saturated carbocycles. The third-order valence-electron chi connectivity index (χ3n) is 4.85. The van der Waals surface area contributed by atoms with Gasteiger partial charge in [-0.2, -0.15) is 12.2 Å². The monoisotopic (exact) mass is 666 g/mol. The second-order valence-electron chi connectivity index (χ2n) is 6.47. The van der Waals surface area contributed by atoms with Crippen LogP contribution < -0.4 is 24.8 Å². The number of hydrogen-bond donors (Lipinski definition) is 0. The summed E-state index contributed by atoms with van der Waals surface area (Å²) < 4.78 is 0. The molecular formula is C26H34Cl4Zr2-4. The smallest absolute Gasteiger partial charge is 2.00 e. The third kappa shape index (κ3) is 16.5. The van der Waals surface area contributed by atoms with Gasteiger partial charge in [0.1, 0.15) is 0 Å². The number of allylic oxidation sites excluding steroid dienone is 16. The van der Waals surface area contributed by atoms with Gasteiger partial charge in [0.05, 0.1) is 0 Å². The van der Waals surface area contributed by atoms with E-state index < -0.39 is 20.8 Å². The van der Waals surface area contributed by atoms with E-state index in [4.69, 9.17) is 17.0 Å². The van der Waals surface area contributed by atoms with Crippen molar-refractivity contribution >= 4 is 17.0 Å². The number of halogens is 4. The van der Waals surface area contributed by atoms with Crippen molar-refractivity contribution in [2.45, 2.75) is 53.4 Å². The van der Waals surface area contributed by atoms with Crippen LogP contribution in [-0.4, -0.2) is 0 Å². The van der Waals surface area contributed by atoms with Crippen LogP contribution >= 0.6 is 17.0 Å². The van der Waals surface area contributed by atoms with Gasteiger partial charge >= 0.3 is 64.1 Å². The molecule has 0 aromatic carbocycles. The number of hydrogen-bond acceptors (Lipinski definition) is 0. The molecule has 0 N–H and O–H groups in total. The van der Waals surface area contributed by atoms with E-state index in [1.54, 1.807) is 11.1 Å². The molecule has 4 rings (SSSR count). The molecule has 32 heavy (non-hydrogen) atoms. The maximum Gasteiger partial charge on any atom is 2.00 e. The normalized spacial score (nSPS) is 15.6. The van der Waals surface area contributed by atoms with Gasteiger partial charge in [-0.1, -0.05) is 23.3 Å². The van der Waals surface area contributed by atoms with Crippen LogP contribution in [0.5, 0.6) is 0 Å². The van der Waals surface area contributed by atoms with Crippen molar-refractivity contribution < 1.29 is 71.9 Å². The fraction of sp³-hybridized carbons (Fsp3) is 0.308.